The molecule has 0 fully saturated rings. The molecule has 1 unspecified atom stereocenters. The number of ketones is 2. The van der Waals surface area contributed by atoms with Crippen LogP contribution >= 0.6 is 0 Å². The predicted molar refractivity (Wildman–Crippen MR) is 150 cm³/mol. The van der Waals surface area contributed by atoms with Crippen molar-refractivity contribution in [3.63, 3.8) is 0 Å². The lowest BCUT2D eigenvalue weighted by atomic mass is 10.0. The van der Waals surface area contributed by atoms with Crippen LogP contribution in [0.3, 0.4) is 0 Å². The van der Waals surface area contributed by atoms with Gasteiger partial charge in [0.15, 0.2) is 5.78 Å². The first kappa shape index (κ1) is 25.7. The Hall–Kier alpha value is -4.37. The van der Waals surface area contributed by atoms with Crippen LogP contribution in [0.1, 0.15) is 56.6 Å². The predicted octanol–water partition coefficient (Wildman–Crippen LogP) is 5.58. The fourth-order valence-corrected chi connectivity index (χ4v) is 5.03. The molecule has 0 saturated heterocycles. The van der Waals surface area contributed by atoms with Crippen LogP contribution in [0.15, 0.2) is 79.0 Å². The molecule has 37 heavy (non-hydrogen) atoms. The van der Waals surface area contributed by atoms with Gasteiger partial charge in [0.25, 0.3) is 5.91 Å². The zero-order valence-corrected chi connectivity index (χ0v) is 21.6. The molecule has 1 aliphatic heterocycles. The smallest absolute Gasteiger partial charge is 0.260 e. The largest absolute Gasteiger partial charge is 0.378 e. The topological polar surface area (TPSA) is 71.4 Å². The summed E-state index contributed by atoms with van der Waals surface area (Å²) >= 11 is 0. The van der Waals surface area contributed by atoms with Crippen LogP contribution in [0.2, 0.25) is 0 Å². The van der Waals surface area contributed by atoms with E-state index in [1.165, 1.54) is 24.1 Å². The van der Waals surface area contributed by atoms with E-state index in [0.29, 0.717) is 29.8 Å². The number of hydrogen-bond acceptors (Lipinski definition) is 4. The summed E-state index contributed by atoms with van der Waals surface area (Å²) in [6.45, 7) is 11.0. The SMILES string of the molecule is C=C=C(Cc1cn(C)c2ccccc12)NCc1cccc2c1C(=O)N(C(CCC(C)=O)C(C)=O)C2=C=C.[HH].[HH]. The van der Waals surface area contributed by atoms with Crippen LogP contribution in [0.4, 0.5) is 0 Å². The van der Waals surface area contributed by atoms with Gasteiger partial charge in [-0.2, -0.15) is 0 Å². The van der Waals surface area contributed by atoms with Crippen molar-refractivity contribution in [3.05, 3.63) is 101 Å². The molecule has 192 valence electrons. The second kappa shape index (κ2) is 10.7. The molecule has 6 heteroatoms. The normalized spacial score (nSPS) is 13.2. The second-order valence-corrected chi connectivity index (χ2v) is 9.38. The molecule has 1 amide bonds. The van der Waals surface area contributed by atoms with Gasteiger partial charge in [-0.3, -0.25) is 14.5 Å². The standard InChI is InChI=1S/C31H31N3O3.2H2/c1-6-24(17-23-19-33(5)29-14-9-8-12-25(23)29)32-18-22-11-10-13-26-27(7-2)34(31(37)30(22)26)28(21(4)36)16-15-20(3)35;;/h8-14,19,28,32H,1-2,15-18H2,3-5H3;2*1H. The first-order chi connectivity index (χ1) is 17.8. The van der Waals surface area contributed by atoms with E-state index in [9.17, 15) is 14.4 Å². The fourth-order valence-electron chi connectivity index (χ4n) is 5.03. The Kier molecular flexibility index (Phi) is 7.45. The Balaban J connectivity index is 0.00000267. The number of benzene rings is 2. The molecule has 2 heterocycles. The lowest BCUT2D eigenvalue weighted by molar-refractivity contribution is -0.121. The zero-order chi connectivity index (χ0) is 26.7. The highest BCUT2D eigenvalue weighted by atomic mass is 16.2. The number of aromatic nitrogens is 1. The highest BCUT2D eigenvalue weighted by molar-refractivity contribution is 6.12. The van der Waals surface area contributed by atoms with Crippen molar-refractivity contribution < 1.29 is 17.2 Å². The molecule has 0 aliphatic carbocycles. The lowest BCUT2D eigenvalue weighted by Crippen LogP contribution is -2.40. The van der Waals surface area contributed by atoms with E-state index < -0.39 is 6.04 Å². The van der Waals surface area contributed by atoms with E-state index in [4.69, 9.17) is 0 Å². The first-order valence-corrected chi connectivity index (χ1v) is 12.3. The van der Waals surface area contributed by atoms with Gasteiger partial charge in [0.1, 0.15) is 5.78 Å². The van der Waals surface area contributed by atoms with E-state index in [1.807, 2.05) is 37.4 Å². The first-order valence-electron chi connectivity index (χ1n) is 12.3. The van der Waals surface area contributed by atoms with E-state index >= 15 is 0 Å². The van der Waals surface area contributed by atoms with Crippen LogP contribution in [-0.2, 0) is 29.6 Å². The molecular weight excluding hydrogens is 462 g/mol. The molecule has 1 atom stereocenters. The minimum absolute atomic E-state index is 0. The van der Waals surface area contributed by atoms with Gasteiger partial charge in [-0.15, -0.1) is 11.5 Å². The quantitative estimate of drug-likeness (QED) is 0.371. The zero-order valence-electron chi connectivity index (χ0n) is 21.6. The Morgan fingerprint density at radius 2 is 1.84 bits per heavy atom. The highest BCUT2D eigenvalue weighted by Gasteiger charge is 2.40. The number of aryl methyl sites for hydroxylation is 1. The van der Waals surface area contributed by atoms with Gasteiger partial charge < -0.3 is 14.7 Å². The average Bonchev–Trinajstić information content (AvgIpc) is 3.35. The molecule has 0 radical (unpaired) electrons. The summed E-state index contributed by atoms with van der Waals surface area (Å²) < 4.78 is 2.10. The summed E-state index contributed by atoms with van der Waals surface area (Å²) in [7, 11) is 2.02. The summed E-state index contributed by atoms with van der Waals surface area (Å²) in [5.74, 6) is -0.485. The van der Waals surface area contributed by atoms with Gasteiger partial charge in [0, 0.05) is 52.0 Å². The molecule has 0 spiro atoms. The van der Waals surface area contributed by atoms with E-state index in [2.05, 4.69) is 52.8 Å². The third-order valence-corrected chi connectivity index (χ3v) is 6.85. The molecule has 1 aliphatic rings. The molecule has 0 saturated carbocycles. The maximum absolute atomic E-state index is 13.7. The number of allylic oxidation sites excluding steroid dienone is 1. The number of carbonyl (C=O) groups excluding carboxylic acids is 3. The molecule has 4 rings (SSSR count). The highest BCUT2D eigenvalue weighted by Crippen LogP contribution is 2.37. The van der Waals surface area contributed by atoms with Gasteiger partial charge in [-0.05, 0) is 37.5 Å². The van der Waals surface area contributed by atoms with Gasteiger partial charge >= 0.3 is 0 Å². The van der Waals surface area contributed by atoms with Gasteiger partial charge in [-0.25, -0.2) is 0 Å². The van der Waals surface area contributed by atoms with Gasteiger partial charge in [0.05, 0.1) is 23.0 Å². The average molecular weight is 498 g/mol. The summed E-state index contributed by atoms with van der Waals surface area (Å²) in [4.78, 5) is 39.2. The number of hydrogen-bond donors (Lipinski definition) is 1. The number of rotatable bonds is 10. The Labute approximate surface area is 220 Å². The number of para-hydroxylation sites is 1. The van der Waals surface area contributed by atoms with E-state index in [1.54, 1.807) is 0 Å². The monoisotopic (exact) mass is 497 g/mol. The number of nitrogens with zero attached hydrogens (tertiary/aromatic N) is 2. The van der Waals surface area contributed by atoms with Crippen molar-refractivity contribution in [3.8, 4) is 0 Å². The molecule has 2 aromatic carbocycles. The molecule has 6 nitrogen and oxygen atoms in total. The number of Topliss-reactive ketones (excluding diaryl/α,β-unsaturated/α-hetero) is 2. The van der Waals surface area contributed by atoms with Crippen LogP contribution in [0, 0.1) is 0 Å². The van der Waals surface area contributed by atoms with Crippen molar-refractivity contribution in [1.82, 2.24) is 14.8 Å². The van der Waals surface area contributed by atoms with Crippen molar-refractivity contribution in [2.24, 2.45) is 7.05 Å². The third-order valence-electron chi connectivity index (χ3n) is 6.85. The van der Waals surface area contributed by atoms with Crippen LogP contribution in [-0.4, -0.2) is 33.0 Å². The van der Waals surface area contributed by atoms with E-state index in [0.717, 1.165) is 22.3 Å². The van der Waals surface area contributed by atoms with Crippen molar-refractivity contribution in [1.29, 1.82) is 0 Å². The molecule has 1 N–H and O–H groups in total. The maximum atomic E-state index is 13.7. The summed E-state index contributed by atoms with van der Waals surface area (Å²) in [6.07, 6.45) is 3.20. The Morgan fingerprint density at radius 3 is 2.51 bits per heavy atom. The van der Waals surface area contributed by atoms with Gasteiger partial charge in [-0.1, -0.05) is 49.6 Å². The molecule has 3 aromatic rings. The van der Waals surface area contributed by atoms with Crippen molar-refractivity contribution >= 4 is 34.1 Å². The maximum Gasteiger partial charge on any atom is 0.260 e. The molecule has 1 aromatic heterocycles. The Bertz CT molecular complexity index is 1530. The summed E-state index contributed by atoms with van der Waals surface area (Å²) in [6, 6.07) is 13.1. The fraction of sp³-hybridized carbons (Fsp3) is 0.258. The lowest BCUT2D eigenvalue weighted by Gasteiger charge is -2.26. The van der Waals surface area contributed by atoms with Crippen LogP contribution < -0.4 is 5.32 Å². The number of nitrogens with one attached hydrogen (secondary N) is 1. The minimum atomic E-state index is -0.746. The Morgan fingerprint density at radius 1 is 1.08 bits per heavy atom. The second-order valence-electron chi connectivity index (χ2n) is 9.38. The van der Waals surface area contributed by atoms with Crippen molar-refractivity contribution in [2.45, 2.75) is 45.7 Å². The molecule has 0 bridgehead atoms. The third kappa shape index (κ3) is 4.99. The van der Waals surface area contributed by atoms with Gasteiger partial charge in [0.2, 0.25) is 0 Å². The molecular formula is C31H35N3O3. The number of fused-ring (bicyclic) bond motifs is 2. The van der Waals surface area contributed by atoms with Crippen molar-refractivity contribution in [2.75, 3.05) is 0 Å². The number of amides is 1. The van der Waals surface area contributed by atoms with Crippen LogP contribution in [0.5, 0.6) is 0 Å². The van der Waals surface area contributed by atoms with E-state index in [-0.39, 0.29) is 33.2 Å². The number of carbonyl (C=O) groups is 3. The summed E-state index contributed by atoms with van der Waals surface area (Å²) in [5, 5.41) is 4.58. The minimum Gasteiger partial charge on any atom is -0.378 e. The van der Waals surface area contributed by atoms with Crippen LogP contribution in [0.25, 0.3) is 16.6 Å². The summed E-state index contributed by atoms with van der Waals surface area (Å²) in [5.41, 5.74) is 11.5.